The maximum absolute atomic E-state index is 12.1. The number of nitrogens with two attached hydrogens (primary N) is 3. The van der Waals surface area contributed by atoms with Gasteiger partial charge < -0.3 is 42.9 Å². The Balaban J connectivity index is 1.07. The predicted octanol–water partition coefficient (Wildman–Crippen LogP) is 4.45. The summed E-state index contributed by atoms with van der Waals surface area (Å²) in [7, 11) is 0. The van der Waals surface area contributed by atoms with E-state index in [1.807, 2.05) is 36.4 Å². The molecule has 0 bridgehead atoms. The van der Waals surface area contributed by atoms with Gasteiger partial charge in [0, 0.05) is 41.3 Å². The topological polar surface area (TPSA) is 210 Å². The highest BCUT2D eigenvalue weighted by molar-refractivity contribution is 5.73. The molecule has 11 nitrogen and oxygen atoms in total. The summed E-state index contributed by atoms with van der Waals surface area (Å²) < 4.78 is 0. The zero-order valence-corrected chi connectivity index (χ0v) is 27.6. The van der Waals surface area contributed by atoms with Crippen LogP contribution in [0.3, 0.4) is 0 Å². The third-order valence-electron chi connectivity index (χ3n) is 11.7. The van der Waals surface area contributed by atoms with E-state index in [-0.39, 0.29) is 0 Å². The van der Waals surface area contributed by atoms with Gasteiger partial charge >= 0.3 is 0 Å². The molecule has 3 aromatic heterocycles. The van der Waals surface area contributed by atoms with E-state index in [1.54, 1.807) is 18.5 Å². The van der Waals surface area contributed by atoms with Crippen LogP contribution in [-0.4, -0.2) is 41.4 Å². The lowest BCUT2D eigenvalue weighted by Crippen LogP contribution is -2.54. The van der Waals surface area contributed by atoms with E-state index < -0.39 is 28.4 Å². The van der Waals surface area contributed by atoms with Crippen LogP contribution in [0.15, 0.2) is 54.9 Å². The second-order valence-corrected chi connectivity index (χ2v) is 14.9. The number of pyridine rings is 3. The largest absolute Gasteiger partial charge is 0.398 e. The highest BCUT2D eigenvalue weighted by atomic mass is 16.3. The average Bonchev–Trinajstić information content (AvgIpc) is 3.04. The van der Waals surface area contributed by atoms with Crippen LogP contribution >= 0.6 is 0 Å². The third-order valence-corrected chi connectivity index (χ3v) is 11.7. The lowest BCUT2D eigenvalue weighted by molar-refractivity contribution is -0.0569. The van der Waals surface area contributed by atoms with Crippen molar-refractivity contribution in [3.8, 4) is 11.1 Å². The van der Waals surface area contributed by atoms with Crippen LogP contribution in [0.4, 0.5) is 22.7 Å². The van der Waals surface area contributed by atoms with Gasteiger partial charge in [-0.25, -0.2) is 0 Å². The van der Waals surface area contributed by atoms with E-state index >= 15 is 0 Å². The summed E-state index contributed by atoms with van der Waals surface area (Å²) in [6, 6.07) is 12.7. The van der Waals surface area contributed by atoms with Crippen LogP contribution in [0.5, 0.6) is 0 Å². The van der Waals surface area contributed by atoms with Crippen molar-refractivity contribution in [3.63, 3.8) is 0 Å². The molecule has 11 N–H and O–H groups in total. The summed E-state index contributed by atoms with van der Waals surface area (Å²) >= 11 is 0. The normalized spacial score (nSPS) is 24.5. The van der Waals surface area contributed by atoms with Gasteiger partial charge in [-0.15, -0.1) is 0 Å². The molecule has 1 aromatic carbocycles. The van der Waals surface area contributed by atoms with Crippen LogP contribution in [-0.2, 0) is 28.8 Å². The number of nitrogen functional groups attached to an aromatic ring is 3. The van der Waals surface area contributed by atoms with E-state index in [0.29, 0.717) is 103 Å². The number of hydrogen-bond donors (Lipinski definition) is 8. The van der Waals surface area contributed by atoms with Crippen molar-refractivity contribution >= 4 is 22.7 Å². The lowest BCUT2D eigenvalue weighted by Gasteiger charge is -2.47. The number of aliphatic hydroxyl groups is 4. The molecule has 4 aliphatic carbocycles. The van der Waals surface area contributed by atoms with Crippen molar-refractivity contribution in [1.82, 2.24) is 15.0 Å². The first-order chi connectivity index (χ1) is 23.4. The Labute approximate surface area is 285 Å². The highest BCUT2D eigenvalue weighted by Gasteiger charge is 2.50. The zero-order chi connectivity index (χ0) is 34.2. The minimum absolute atomic E-state index is 0.395. The number of hydrogen-bond acceptors (Lipinski definition) is 11. The molecule has 0 aliphatic heterocycles. The first-order valence-corrected chi connectivity index (χ1v) is 17.5. The molecule has 4 saturated carbocycles. The number of benzene rings is 1. The van der Waals surface area contributed by atoms with Gasteiger partial charge in [-0.3, -0.25) is 15.0 Å². The summed E-state index contributed by atoms with van der Waals surface area (Å²) in [5, 5.41) is 48.7. The van der Waals surface area contributed by atoms with E-state index in [1.165, 1.54) is 0 Å². The van der Waals surface area contributed by atoms with Crippen molar-refractivity contribution in [2.75, 3.05) is 22.5 Å². The van der Waals surface area contributed by atoms with Crippen LogP contribution < -0.4 is 22.5 Å². The van der Waals surface area contributed by atoms with Crippen molar-refractivity contribution in [1.29, 1.82) is 0 Å². The molecule has 0 radical (unpaired) electrons. The summed E-state index contributed by atoms with van der Waals surface area (Å²) in [6.45, 7) is 0. The van der Waals surface area contributed by atoms with E-state index in [0.717, 1.165) is 41.5 Å². The van der Waals surface area contributed by atoms with Crippen LogP contribution in [0.25, 0.3) is 11.1 Å². The number of nitrogens with zero attached hydrogens (tertiary/aromatic N) is 3. The minimum Gasteiger partial charge on any atom is -0.398 e. The molecule has 11 heteroatoms. The van der Waals surface area contributed by atoms with Crippen molar-refractivity contribution in [2.45, 2.75) is 105 Å². The maximum atomic E-state index is 12.1. The maximum Gasteiger partial charge on any atom is 0.129 e. The molecule has 0 spiro atoms. The molecule has 4 aliphatic rings. The van der Waals surface area contributed by atoms with Gasteiger partial charge in [0.15, 0.2) is 0 Å². The molecule has 4 fully saturated rings. The van der Waals surface area contributed by atoms with E-state index in [9.17, 15) is 20.4 Å². The van der Waals surface area contributed by atoms with Crippen molar-refractivity contribution in [3.05, 3.63) is 88.8 Å². The van der Waals surface area contributed by atoms with E-state index in [4.69, 9.17) is 27.2 Å². The molecule has 49 heavy (non-hydrogen) atoms. The second kappa shape index (κ2) is 11.4. The molecule has 2 atom stereocenters. The molecule has 8 rings (SSSR count). The second-order valence-electron chi connectivity index (χ2n) is 14.9. The Morgan fingerprint density at radius 2 is 1.33 bits per heavy atom. The summed E-state index contributed by atoms with van der Waals surface area (Å²) in [6.07, 6.45) is 11.8. The Bertz CT molecular complexity index is 1940. The minimum atomic E-state index is -1.35. The number of rotatable bonds is 9. The number of anilines is 4. The Morgan fingerprint density at radius 3 is 1.92 bits per heavy atom. The molecule has 2 unspecified atom stereocenters. The van der Waals surface area contributed by atoms with Crippen molar-refractivity contribution in [2.24, 2.45) is 0 Å². The standard InChI is InChI=1S/C38H45N7O4/c39-27-7-5-25(16-22-17-29(41)32(42-20-22)36(47)11-2-12-36)44-33(27)38(49)15-8-31(38)45-30-19-24(21-43-34(30)37(48)13-3-14-37)23-4-6-26(28(40)18-23)35(46)9-1-10-35/h4-7,17-21,31,45-49H,1-3,8-16,39-41H2. The van der Waals surface area contributed by atoms with Gasteiger partial charge in [0.1, 0.15) is 16.8 Å². The Hall–Kier alpha value is -4.29. The average molecular weight is 664 g/mol. The summed E-state index contributed by atoms with van der Waals surface area (Å²) in [5.74, 6) is 0. The van der Waals surface area contributed by atoms with Crippen LogP contribution in [0.2, 0.25) is 0 Å². The van der Waals surface area contributed by atoms with Crippen LogP contribution in [0, 0.1) is 0 Å². The highest BCUT2D eigenvalue weighted by Crippen LogP contribution is 2.49. The molecule has 0 amide bonds. The molecular formula is C38H45N7O4. The van der Waals surface area contributed by atoms with E-state index in [2.05, 4.69) is 10.3 Å². The molecular weight excluding hydrogens is 618 g/mol. The first kappa shape index (κ1) is 31.9. The third kappa shape index (κ3) is 5.31. The molecule has 3 heterocycles. The molecule has 0 saturated heterocycles. The number of aromatic nitrogens is 3. The van der Waals surface area contributed by atoms with Gasteiger partial charge in [-0.05, 0) is 112 Å². The lowest BCUT2D eigenvalue weighted by atomic mass is 9.71. The summed E-state index contributed by atoms with van der Waals surface area (Å²) in [4.78, 5) is 14.1. The van der Waals surface area contributed by atoms with Crippen LogP contribution in [0.1, 0.15) is 105 Å². The fraction of sp³-hybridized carbons (Fsp3) is 0.447. The Kier molecular flexibility index (Phi) is 7.42. The smallest absolute Gasteiger partial charge is 0.129 e. The van der Waals surface area contributed by atoms with Gasteiger partial charge in [0.05, 0.1) is 45.8 Å². The van der Waals surface area contributed by atoms with Crippen molar-refractivity contribution < 1.29 is 20.4 Å². The molecule has 4 aromatic rings. The van der Waals surface area contributed by atoms with Gasteiger partial charge in [0.2, 0.25) is 0 Å². The first-order valence-electron chi connectivity index (χ1n) is 17.5. The molecule has 256 valence electrons. The fourth-order valence-electron chi connectivity index (χ4n) is 7.95. The number of nitrogens with one attached hydrogen (secondary N) is 1. The fourth-order valence-corrected chi connectivity index (χ4v) is 7.95. The van der Waals surface area contributed by atoms with Gasteiger partial charge in [-0.2, -0.15) is 0 Å². The zero-order valence-electron chi connectivity index (χ0n) is 27.6. The van der Waals surface area contributed by atoms with Gasteiger partial charge in [-0.1, -0.05) is 12.1 Å². The summed E-state index contributed by atoms with van der Waals surface area (Å²) in [5.41, 5.74) is 22.5. The van der Waals surface area contributed by atoms with Gasteiger partial charge in [0.25, 0.3) is 0 Å². The SMILES string of the molecule is Nc1cc(-c2cnc(C3(O)CCC3)c(NC3CCC3(O)c3nc(Cc4cnc(C5(O)CCC5)c(N)c4)ccc3N)c2)ccc1C1(O)CCC1. The quantitative estimate of drug-likeness (QED) is 0.117. The monoisotopic (exact) mass is 663 g/mol. The Morgan fingerprint density at radius 1 is 0.653 bits per heavy atom. The predicted molar refractivity (Wildman–Crippen MR) is 188 cm³/mol.